The zero-order valence-corrected chi connectivity index (χ0v) is 11.2. The molecule has 0 radical (unpaired) electrons. The van der Waals surface area contributed by atoms with Gasteiger partial charge in [0.1, 0.15) is 9.84 Å². The Morgan fingerprint density at radius 1 is 1.33 bits per heavy atom. The van der Waals surface area contributed by atoms with Gasteiger partial charge in [0, 0.05) is 21.9 Å². The molecule has 1 rings (SSSR count). The lowest BCUT2D eigenvalue weighted by Gasteiger charge is -2.03. The number of hydrogen-bond acceptors (Lipinski definition) is 3. The molecule has 1 aromatic rings. The maximum Gasteiger partial charge on any atom is 0.148 e. The van der Waals surface area contributed by atoms with Gasteiger partial charge in [0.2, 0.25) is 0 Å². The average Bonchev–Trinajstić information content (AvgIpc) is 2.09. The lowest BCUT2D eigenvalue weighted by atomic mass is 10.4. The molecule has 0 amide bonds. The summed E-state index contributed by atoms with van der Waals surface area (Å²) in [5, 5.41) is 1.19. The average molecular weight is 285 g/mol. The molecule has 0 saturated heterocycles. The quantitative estimate of drug-likeness (QED) is 0.797. The molecule has 6 heteroatoms. The Hall–Kier alpha value is 0.1000. The monoisotopic (exact) mass is 284 g/mol. The van der Waals surface area contributed by atoms with E-state index in [4.69, 9.17) is 23.2 Å². The minimum absolute atomic E-state index is 0.139. The molecular weight excluding hydrogens is 275 g/mol. The third-order valence-corrected chi connectivity index (χ3v) is 4.54. The van der Waals surface area contributed by atoms with Crippen molar-refractivity contribution in [2.45, 2.75) is 4.90 Å². The van der Waals surface area contributed by atoms with Crippen molar-refractivity contribution >= 4 is 44.8 Å². The molecule has 0 heterocycles. The molecular formula is C9H10Cl2O2S2. The summed E-state index contributed by atoms with van der Waals surface area (Å²) in [4.78, 5) is 0.813. The Kier molecular flexibility index (Phi) is 4.77. The molecule has 0 unspecified atom stereocenters. The van der Waals surface area contributed by atoms with Crippen molar-refractivity contribution in [1.82, 2.24) is 0 Å². The minimum atomic E-state index is -2.91. The van der Waals surface area contributed by atoms with E-state index in [2.05, 4.69) is 0 Å². The number of rotatable bonds is 4. The van der Waals surface area contributed by atoms with Crippen LogP contribution in [0.1, 0.15) is 0 Å². The van der Waals surface area contributed by atoms with Crippen LogP contribution in [-0.2, 0) is 9.84 Å². The maximum atomic E-state index is 10.9. The highest BCUT2D eigenvalue weighted by molar-refractivity contribution is 8.00. The summed E-state index contributed by atoms with van der Waals surface area (Å²) < 4.78 is 21.8. The van der Waals surface area contributed by atoms with Gasteiger partial charge in [-0.3, -0.25) is 0 Å². The van der Waals surface area contributed by atoms with Gasteiger partial charge in [-0.25, -0.2) is 8.42 Å². The Bertz CT molecular complexity index is 443. The summed E-state index contributed by atoms with van der Waals surface area (Å²) in [5.41, 5.74) is 0. The van der Waals surface area contributed by atoms with E-state index in [9.17, 15) is 8.42 Å². The van der Waals surface area contributed by atoms with Gasteiger partial charge in [-0.05, 0) is 18.2 Å². The van der Waals surface area contributed by atoms with E-state index >= 15 is 0 Å². The Labute approximate surface area is 104 Å². The molecule has 0 aromatic heterocycles. The fraction of sp³-hybridized carbons (Fsp3) is 0.333. The highest BCUT2D eigenvalue weighted by atomic mass is 35.5. The van der Waals surface area contributed by atoms with Gasteiger partial charge in [-0.2, -0.15) is 0 Å². The topological polar surface area (TPSA) is 34.1 Å². The predicted octanol–water partition coefficient (Wildman–Crippen LogP) is 3.13. The fourth-order valence-corrected chi connectivity index (χ4v) is 3.59. The van der Waals surface area contributed by atoms with E-state index < -0.39 is 9.84 Å². The van der Waals surface area contributed by atoms with Crippen LogP contribution in [0.5, 0.6) is 0 Å². The van der Waals surface area contributed by atoms with Crippen molar-refractivity contribution in [3.63, 3.8) is 0 Å². The summed E-state index contributed by atoms with van der Waals surface area (Å²) in [5.74, 6) is 0.624. The molecule has 2 nitrogen and oxygen atoms in total. The Balaban J connectivity index is 2.61. The van der Waals surface area contributed by atoms with Crippen molar-refractivity contribution in [2.75, 3.05) is 17.8 Å². The van der Waals surface area contributed by atoms with Gasteiger partial charge in [0.25, 0.3) is 0 Å². The Morgan fingerprint density at radius 2 is 2.00 bits per heavy atom. The molecule has 0 spiro atoms. The molecule has 15 heavy (non-hydrogen) atoms. The lowest BCUT2D eigenvalue weighted by Crippen LogP contribution is -2.04. The third kappa shape index (κ3) is 5.11. The third-order valence-electron chi connectivity index (χ3n) is 1.60. The van der Waals surface area contributed by atoms with Crippen LogP contribution >= 0.6 is 35.0 Å². The zero-order chi connectivity index (χ0) is 11.5. The van der Waals surface area contributed by atoms with Crippen LogP contribution in [0.15, 0.2) is 23.1 Å². The predicted molar refractivity (Wildman–Crippen MR) is 66.9 cm³/mol. The van der Waals surface area contributed by atoms with Crippen LogP contribution in [0, 0.1) is 0 Å². The molecule has 0 bridgehead atoms. The van der Waals surface area contributed by atoms with E-state index in [1.165, 1.54) is 18.0 Å². The summed E-state index contributed by atoms with van der Waals surface area (Å²) in [7, 11) is -2.91. The molecule has 0 saturated carbocycles. The molecule has 0 aliphatic carbocycles. The molecule has 0 fully saturated rings. The summed E-state index contributed by atoms with van der Waals surface area (Å²) in [6, 6.07) is 5.13. The SMILES string of the molecule is CS(=O)(=O)CCSc1cc(Cl)ccc1Cl. The molecule has 1 aromatic carbocycles. The second-order valence-corrected chi connectivity index (χ2v) is 7.29. The summed E-state index contributed by atoms with van der Waals surface area (Å²) in [6.07, 6.45) is 1.22. The number of benzene rings is 1. The largest absolute Gasteiger partial charge is 0.229 e. The lowest BCUT2D eigenvalue weighted by molar-refractivity contribution is 0.603. The van der Waals surface area contributed by atoms with E-state index in [1.807, 2.05) is 0 Å². The molecule has 0 aliphatic rings. The number of hydrogen-bond donors (Lipinski definition) is 0. The maximum absolute atomic E-state index is 10.9. The van der Waals surface area contributed by atoms with Crippen molar-refractivity contribution in [3.8, 4) is 0 Å². The second kappa shape index (κ2) is 5.43. The number of thioether (sulfide) groups is 1. The zero-order valence-electron chi connectivity index (χ0n) is 8.04. The fourth-order valence-electron chi connectivity index (χ4n) is 0.891. The first-order chi connectivity index (χ1) is 6.88. The van der Waals surface area contributed by atoms with Gasteiger partial charge in [0.15, 0.2) is 0 Å². The first kappa shape index (κ1) is 13.2. The molecule has 0 aliphatic heterocycles. The number of halogens is 2. The van der Waals surface area contributed by atoms with Crippen molar-refractivity contribution < 1.29 is 8.42 Å². The standard InChI is InChI=1S/C9H10Cl2O2S2/c1-15(12,13)5-4-14-9-6-7(10)2-3-8(9)11/h2-3,6H,4-5H2,1H3. The van der Waals surface area contributed by atoms with Crippen LogP contribution in [0.2, 0.25) is 10.0 Å². The molecule has 0 N–H and O–H groups in total. The van der Waals surface area contributed by atoms with E-state index in [0.29, 0.717) is 15.8 Å². The van der Waals surface area contributed by atoms with E-state index in [1.54, 1.807) is 18.2 Å². The van der Waals surface area contributed by atoms with Crippen molar-refractivity contribution in [1.29, 1.82) is 0 Å². The number of sulfone groups is 1. The van der Waals surface area contributed by atoms with Gasteiger partial charge in [-0.1, -0.05) is 23.2 Å². The minimum Gasteiger partial charge on any atom is -0.229 e. The van der Waals surface area contributed by atoms with Gasteiger partial charge in [0.05, 0.1) is 10.8 Å². The van der Waals surface area contributed by atoms with Gasteiger partial charge < -0.3 is 0 Å². The van der Waals surface area contributed by atoms with Gasteiger partial charge in [-0.15, -0.1) is 11.8 Å². The van der Waals surface area contributed by atoms with Crippen LogP contribution < -0.4 is 0 Å². The smallest absolute Gasteiger partial charge is 0.148 e. The molecule has 0 atom stereocenters. The highest BCUT2D eigenvalue weighted by Crippen LogP contribution is 2.29. The van der Waals surface area contributed by atoms with Crippen LogP contribution in [-0.4, -0.2) is 26.2 Å². The van der Waals surface area contributed by atoms with Crippen LogP contribution in [0.3, 0.4) is 0 Å². The van der Waals surface area contributed by atoms with Crippen molar-refractivity contribution in [3.05, 3.63) is 28.2 Å². The molecule has 84 valence electrons. The van der Waals surface area contributed by atoms with Crippen LogP contribution in [0.4, 0.5) is 0 Å². The van der Waals surface area contributed by atoms with Crippen molar-refractivity contribution in [2.24, 2.45) is 0 Å². The van der Waals surface area contributed by atoms with E-state index in [0.717, 1.165) is 4.90 Å². The first-order valence-electron chi connectivity index (χ1n) is 4.14. The summed E-state index contributed by atoms with van der Waals surface area (Å²) >= 11 is 13.1. The normalized spacial score (nSPS) is 11.7. The Morgan fingerprint density at radius 3 is 2.60 bits per heavy atom. The highest BCUT2D eigenvalue weighted by Gasteiger charge is 2.05. The van der Waals surface area contributed by atoms with Crippen LogP contribution in [0.25, 0.3) is 0 Å². The van der Waals surface area contributed by atoms with E-state index in [-0.39, 0.29) is 5.75 Å². The van der Waals surface area contributed by atoms with Gasteiger partial charge >= 0.3 is 0 Å². The second-order valence-electron chi connectivity index (χ2n) is 3.05. The first-order valence-corrected chi connectivity index (χ1v) is 7.94. The summed E-state index contributed by atoms with van der Waals surface area (Å²) in [6.45, 7) is 0.